The van der Waals surface area contributed by atoms with Gasteiger partial charge in [-0.1, -0.05) is 6.92 Å². The van der Waals surface area contributed by atoms with Gasteiger partial charge in [0.2, 0.25) is 0 Å². The summed E-state index contributed by atoms with van der Waals surface area (Å²) in [5.41, 5.74) is 5.84. The van der Waals surface area contributed by atoms with Gasteiger partial charge < -0.3 is 11.1 Å². The lowest BCUT2D eigenvalue weighted by molar-refractivity contribution is 0.425. The predicted octanol–water partition coefficient (Wildman–Crippen LogP) is 2.69. The van der Waals surface area contributed by atoms with Crippen LogP contribution in [0.25, 0.3) is 0 Å². The summed E-state index contributed by atoms with van der Waals surface area (Å²) in [5.74, 6) is 1.77. The Kier molecular flexibility index (Phi) is 4.00. The maximum atomic E-state index is 5.84. The molecule has 2 atom stereocenters. The molecule has 0 aromatic carbocycles. The van der Waals surface area contributed by atoms with Crippen molar-refractivity contribution in [2.75, 3.05) is 13.1 Å². The normalized spacial score (nSPS) is 19.7. The molecular weight excluding hydrogens is 216 g/mol. The van der Waals surface area contributed by atoms with Crippen LogP contribution in [0.2, 0.25) is 0 Å². The van der Waals surface area contributed by atoms with E-state index in [1.165, 1.54) is 22.6 Å². The fraction of sp³-hybridized carbons (Fsp3) is 0.692. The largest absolute Gasteiger partial charge is 0.329 e. The first-order chi connectivity index (χ1) is 7.70. The van der Waals surface area contributed by atoms with Crippen LogP contribution in [0.15, 0.2) is 12.1 Å². The van der Waals surface area contributed by atoms with E-state index in [4.69, 9.17) is 5.73 Å². The van der Waals surface area contributed by atoms with E-state index < -0.39 is 0 Å². The van der Waals surface area contributed by atoms with Crippen molar-refractivity contribution in [3.05, 3.63) is 21.9 Å². The number of aryl methyl sites for hydroxylation is 1. The SMILES string of the molecule is Cc1ccc(C(CN)NCC(C)C2CC2)s1. The molecule has 16 heavy (non-hydrogen) atoms. The number of hydrogen-bond donors (Lipinski definition) is 2. The number of nitrogens with two attached hydrogens (primary N) is 1. The van der Waals surface area contributed by atoms with Crippen molar-refractivity contribution in [2.45, 2.75) is 32.7 Å². The van der Waals surface area contributed by atoms with Crippen LogP contribution in [0.5, 0.6) is 0 Å². The highest BCUT2D eigenvalue weighted by Crippen LogP contribution is 2.36. The van der Waals surface area contributed by atoms with Crippen molar-refractivity contribution in [1.82, 2.24) is 5.32 Å². The molecule has 1 aromatic rings. The van der Waals surface area contributed by atoms with Crippen LogP contribution >= 0.6 is 11.3 Å². The van der Waals surface area contributed by atoms with E-state index in [0.717, 1.165) is 18.4 Å². The van der Waals surface area contributed by atoms with E-state index in [1.54, 1.807) is 0 Å². The summed E-state index contributed by atoms with van der Waals surface area (Å²) in [5, 5.41) is 3.61. The molecule has 3 N–H and O–H groups in total. The van der Waals surface area contributed by atoms with Crippen molar-refractivity contribution in [3.8, 4) is 0 Å². The molecule has 0 amide bonds. The van der Waals surface area contributed by atoms with E-state index in [1.807, 2.05) is 11.3 Å². The summed E-state index contributed by atoms with van der Waals surface area (Å²) in [6.07, 6.45) is 2.85. The van der Waals surface area contributed by atoms with Crippen LogP contribution in [-0.4, -0.2) is 13.1 Å². The molecular formula is C13H22N2S. The van der Waals surface area contributed by atoms with Crippen molar-refractivity contribution in [2.24, 2.45) is 17.6 Å². The molecule has 1 aliphatic carbocycles. The lowest BCUT2D eigenvalue weighted by Crippen LogP contribution is -2.31. The maximum Gasteiger partial charge on any atom is 0.0539 e. The summed E-state index contributed by atoms with van der Waals surface area (Å²) >= 11 is 1.85. The summed E-state index contributed by atoms with van der Waals surface area (Å²) < 4.78 is 0. The molecule has 2 rings (SSSR count). The van der Waals surface area contributed by atoms with E-state index in [9.17, 15) is 0 Å². The molecule has 1 saturated carbocycles. The lowest BCUT2D eigenvalue weighted by atomic mass is 10.1. The van der Waals surface area contributed by atoms with Crippen LogP contribution < -0.4 is 11.1 Å². The highest BCUT2D eigenvalue weighted by Gasteiger charge is 2.28. The van der Waals surface area contributed by atoms with Gasteiger partial charge in [0.25, 0.3) is 0 Å². The fourth-order valence-electron chi connectivity index (χ4n) is 2.10. The van der Waals surface area contributed by atoms with Crippen molar-refractivity contribution >= 4 is 11.3 Å². The van der Waals surface area contributed by atoms with Gasteiger partial charge >= 0.3 is 0 Å². The predicted molar refractivity (Wildman–Crippen MR) is 70.7 cm³/mol. The average molecular weight is 238 g/mol. The summed E-state index contributed by atoms with van der Waals surface area (Å²) in [7, 11) is 0. The van der Waals surface area contributed by atoms with Crippen LogP contribution in [0, 0.1) is 18.8 Å². The minimum absolute atomic E-state index is 0.347. The second-order valence-electron chi connectivity index (χ2n) is 4.96. The Morgan fingerprint density at radius 3 is 2.75 bits per heavy atom. The molecule has 0 aliphatic heterocycles. The molecule has 1 aliphatic rings. The number of rotatable bonds is 6. The van der Waals surface area contributed by atoms with Crippen molar-refractivity contribution in [1.29, 1.82) is 0 Å². The Morgan fingerprint density at radius 1 is 1.50 bits per heavy atom. The van der Waals surface area contributed by atoms with E-state index in [2.05, 4.69) is 31.3 Å². The van der Waals surface area contributed by atoms with Crippen molar-refractivity contribution < 1.29 is 0 Å². The molecule has 2 unspecified atom stereocenters. The van der Waals surface area contributed by atoms with Crippen LogP contribution in [0.1, 0.15) is 35.6 Å². The summed E-state index contributed by atoms with van der Waals surface area (Å²) in [6, 6.07) is 4.72. The first-order valence-corrected chi connectivity index (χ1v) is 7.02. The Hall–Kier alpha value is -0.380. The number of hydrogen-bond acceptors (Lipinski definition) is 3. The van der Waals surface area contributed by atoms with Crippen LogP contribution in [0.4, 0.5) is 0 Å². The Bertz CT molecular complexity index is 330. The molecule has 0 saturated heterocycles. The van der Waals surface area contributed by atoms with Gasteiger partial charge in [-0.15, -0.1) is 11.3 Å². The van der Waals surface area contributed by atoms with Gasteiger partial charge in [-0.05, 0) is 50.3 Å². The van der Waals surface area contributed by atoms with Crippen LogP contribution in [0.3, 0.4) is 0 Å². The third kappa shape index (κ3) is 3.06. The Balaban J connectivity index is 1.85. The van der Waals surface area contributed by atoms with Gasteiger partial charge in [0.15, 0.2) is 0 Å². The molecule has 0 radical (unpaired) electrons. The van der Waals surface area contributed by atoms with Gasteiger partial charge in [0.1, 0.15) is 0 Å². The smallest absolute Gasteiger partial charge is 0.0539 e. The zero-order valence-corrected chi connectivity index (χ0v) is 11.0. The quantitative estimate of drug-likeness (QED) is 0.799. The highest BCUT2D eigenvalue weighted by molar-refractivity contribution is 7.12. The van der Waals surface area contributed by atoms with E-state index in [0.29, 0.717) is 12.6 Å². The number of nitrogens with one attached hydrogen (secondary N) is 1. The van der Waals surface area contributed by atoms with Gasteiger partial charge in [-0.3, -0.25) is 0 Å². The molecule has 1 heterocycles. The molecule has 0 bridgehead atoms. The first kappa shape index (κ1) is 12.1. The molecule has 1 aromatic heterocycles. The Labute approximate surface area is 102 Å². The van der Waals surface area contributed by atoms with E-state index in [-0.39, 0.29) is 0 Å². The molecule has 90 valence electrons. The van der Waals surface area contributed by atoms with Crippen molar-refractivity contribution in [3.63, 3.8) is 0 Å². The second-order valence-corrected chi connectivity index (χ2v) is 6.28. The minimum Gasteiger partial charge on any atom is -0.329 e. The summed E-state index contributed by atoms with van der Waals surface area (Å²) in [4.78, 5) is 2.74. The third-order valence-corrected chi connectivity index (χ3v) is 4.57. The van der Waals surface area contributed by atoms with Gasteiger partial charge in [0, 0.05) is 16.3 Å². The molecule has 3 heteroatoms. The lowest BCUT2D eigenvalue weighted by Gasteiger charge is -2.18. The molecule has 1 fully saturated rings. The number of thiophene rings is 1. The van der Waals surface area contributed by atoms with Crippen LogP contribution in [-0.2, 0) is 0 Å². The zero-order chi connectivity index (χ0) is 11.5. The molecule has 2 nitrogen and oxygen atoms in total. The van der Waals surface area contributed by atoms with Gasteiger partial charge in [-0.2, -0.15) is 0 Å². The van der Waals surface area contributed by atoms with Gasteiger partial charge in [-0.25, -0.2) is 0 Å². The monoisotopic (exact) mass is 238 g/mol. The van der Waals surface area contributed by atoms with E-state index >= 15 is 0 Å². The second kappa shape index (κ2) is 5.30. The minimum atomic E-state index is 0.347. The standard InChI is InChI=1S/C13H22N2S/c1-9(11-4-5-11)8-15-12(7-14)13-6-3-10(2)16-13/h3,6,9,11-12,15H,4-5,7-8,14H2,1-2H3. The zero-order valence-electron chi connectivity index (χ0n) is 10.2. The molecule has 0 spiro atoms. The Morgan fingerprint density at radius 2 is 2.25 bits per heavy atom. The third-order valence-electron chi connectivity index (χ3n) is 3.45. The summed E-state index contributed by atoms with van der Waals surface area (Å²) in [6.45, 7) is 6.29. The highest BCUT2D eigenvalue weighted by atomic mass is 32.1. The van der Waals surface area contributed by atoms with Gasteiger partial charge in [0.05, 0.1) is 6.04 Å². The topological polar surface area (TPSA) is 38.0 Å². The average Bonchev–Trinajstić information content (AvgIpc) is 3.03. The first-order valence-electron chi connectivity index (χ1n) is 6.20. The fourth-order valence-corrected chi connectivity index (χ4v) is 3.07. The maximum absolute atomic E-state index is 5.84.